The van der Waals surface area contributed by atoms with Gasteiger partial charge in [0.1, 0.15) is 6.61 Å². The van der Waals surface area contributed by atoms with Crippen LogP contribution in [0.3, 0.4) is 0 Å². The molecule has 1 aromatic rings. The van der Waals surface area contributed by atoms with Crippen LogP contribution in [0.1, 0.15) is 31.2 Å². The number of hydrogen-bond donors (Lipinski definition) is 1. The van der Waals surface area contributed by atoms with Gasteiger partial charge in [0.2, 0.25) is 0 Å². The van der Waals surface area contributed by atoms with Gasteiger partial charge < -0.3 is 15.0 Å². The zero-order chi connectivity index (χ0) is 16.6. The molecule has 4 heteroatoms. The molecule has 2 fully saturated rings. The minimum atomic E-state index is -0.181. The molecule has 0 bridgehead atoms. The molecule has 24 heavy (non-hydrogen) atoms. The lowest BCUT2D eigenvalue weighted by molar-refractivity contribution is 0.0854. The number of amides is 1. The predicted octanol–water partition coefficient (Wildman–Crippen LogP) is 3.59. The Balaban J connectivity index is 1.38. The highest BCUT2D eigenvalue weighted by Crippen LogP contribution is 2.22. The van der Waals surface area contributed by atoms with Gasteiger partial charge in [0, 0.05) is 13.1 Å². The third-order valence-corrected chi connectivity index (χ3v) is 5.04. The maximum atomic E-state index is 12.2. The van der Waals surface area contributed by atoms with Crippen molar-refractivity contribution >= 4 is 6.09 Å². The Morgan fingerprint density at radius 3 is 2.33 bits per heavy atom. The summed E-state index contributed by atoms with van der Waals surface area (Å²) in [7, 11) is 0. The molecule has 0 aromatic heterocycles. The summed E-state index contributed by atoms with van der Waals surface area (Å²) in [5, 5.41) is 3.40. The number of nitrogens with zero attached hydrogens (tertiary/aromatic N) is 1. The number of allylic oxidation sites excluding steroid dienone is 2. The summed E-state index contributed by atoms with van der Waals surface area (Å²) in [6.45, 7) is 4.24. The molecule has 1 amide bonds. The number of carbonyl (C=O) groups is 1. The molecule has 0 unspecified atom stereocenters. The van der Waals surface area contributed by atoms with Crippen molar-refractivity contribution in [3.63, 3.8) is 0 Å². The summed E-state index contributed by atoms with van der Waals surface area (Å²) in [5.74, 6) is 1.35. The van der Waals surface area contributed by atoms with E-state index in [0.29, 0.717) is 12.5 Å². The van der Waals surface area contributed by atoms with Crippen molar-refractivity contribution in [1.29, 1.82) is 0 Å². The molecule has 0 aliphatic carbocycles. The summed E-state index contributed by atoms with van der Waals surface area (Å²) in [4.78, 5) is 14.0. The zero-order valence-electron chi connectivity index (χ0n) is 14.3. The van der Waals surface area contributed by atoms with Gasteiger partial charge in [0.25, 0.3) is 0 Å². The number of benzene rings is 1. The van der Waals surface area contributed by atoms with Gasteiger partial charge in [-0.25, -0.2) is 4.79 Å². The summed E-state index contributed by atoms with van der Waals surface area (Å²) in [6, 6.07) is 9.84. The minimum absolute atomic E-state index is 0.181. The van der Waals surface area contributed by atoms with Crippen LogP contribution < -0.4 is 5.32 Å². The number of hydrogen-bond acceptors (Lipinski definition) is 3. The summed E-state index contributed by atoms with van der Waals surface area (Å²) in [5.41, 5.74) is 1.03. The molecule has 0 radical (unpaired) electrons. The topological polar surface area (TPSA) is 41.6 Å². The molecule has 3 rings (SSSR count). The molecule has 2 aliphatic heterocycles. The molecular weight excluding hydrogens is 300 g/mol. The van der Waals surface area contributed by atoms with Gasteiger partial charge in [-0.15, -0.1) is 0 Å². The fourth-order valence-corrected chi connectivity index (χ4v) is 3.44. The Hall–Kier alpha value is -1.81. The second-order valence-electron chi connectivity index (χ2n) is 6.84. The fourth-order valence-electron chi connectivity index (χ4n) is 3.44. The predicted molar refractivity (Wildman–Crippen MR) is 95.7 cm³/mol. The monoisotopic (exact) mass is 328 g/mol. The maximum absolute atomic E-state index is 12.2. The van der Waals surface area contributed by atoms with Crippen LogP contribution in [0.25, 0.3) is 0 Å². The second-order valence-corrected chi connectivity index (χ2v) is 6.84. The number of carbonyl (C=O) groups excluding carboxylic acids is 1. The molecule has 2 heterocycles. The van der Waals surface area contributed by atoms with Gasteiger partial charge in [-0.3, -0.25) is 0 Å². The maximum Gasteiger partial charge on any atom is 0.410 e. The van der Waals surface area contributed by atoms with Crippen LogP contribution in [-0.4, -0.2) is 37.2 Å². The van der Waals surface area contributed by atoms with Gasteiger partial charge >= 0.3 is 6.09 Å². The summed E-state index contributed by atoms with van der Waals surface area (Å²) >= 11 is 0. The third kappa shape index (κ3) is 5.10. The van der Waals surface area contributed by atoms with Crippen molar-refractivity contribution in [2.75, 3.05) is 26.2 Å². The Bertz CT molecular complexity index is 530. The number of piperidine rings is 2. The summed E-state index contributed by atoms with van der Waals surface area (Å²) in [6.07, 6.45) is 9.21. The van der Waals surface area contributed by atoms with Crippen LogP contribution in [0.4, 0.5) is 4.79 Å². The SMILES string of the molecule is O=C(OCc1ccccc1)N1CCC(/C=C\C2CCNCC2)CC1. The molecule has 1 aromatic carbocycles. The third-order valence-electron chi connectivity index (χ3n) is 5.04. The van der Waals surface area contributed by atoms with Crippen molar-refractivity contribution in [2.24, 2.45) is 11.8 Å². The van der Waals surface area contributed by atoms with E-state index in [9.17, 15) is 4.79 Å². The second kappa shape index (κ2) is 8.88. The van der Waals surface area contributed by atoms with E-state index in [1.165, 1.54) is 12.8 Å². The minimum Gasteiger partial charge on any atom is -0.445 e. The largest absolute Gasteiger partial charge is 0.445 e. The quantitative estimate of drug-likeness (QED) is 0.859. The van der Waals surface area contributed by atoms with E-state index in [1.54, 1.807) is 0 Å². The van der Waals surface area contributed by atoms with E-state index < -0.39 is 0 Å². The first-order valence-electron chi connectivity index (χ1n) is 9.16. The average Bonchev–Trinajstić information content (AvgIpc) is 2.66. The highest BCUT2D eigenvalue weighted by atomic mass is 16.6. The Labute approximate surface area is 144 Å². The Kier molecular flexibility index (Phi) is 6.30. The average molecular weight is 328 g/mol. The number of ether oxygens (including phenoxy) is 1. The van der Waals surface area contributed by atoms with E-state index in [4.69, 9.17) is 4.74 Å². The standard InChI is InChI=1S/C20H28N2O2/c23-20(24-16-19-4-2-1-3-5-19)22-14-10-18(11-15-22)7-6-17-8-12-21-13-9-17/h1-7,17-18,21H,8-16H2/b7-6-. The van der Waals surface area contributed by atoms with Crippen molar-refractivity contribution in [1.82, 2.24) is 10.2 Å². The molecule has 2 aliphatic rings. The van der Waals surface area contributed by atoms with E-state index in [2.05, 4.69) is 17.5 Å². The lowest BCUT2D eigenvalue weighted by atomic mass is 9.92. The normalized spacial score (nSPS) is 20.4. The van der Waals surface area contributed by atoms with Crippen molar-refractivity contribution in [3.05, 3.63) is 48.0 Å². The van der Waals surface area contributed by atoms with Crippen LogP contribution in [0.15, 0.2) is 42.5 Å². The van der Waals surface area contributed by atoms with Crippen molar-refractivity contribution in [3.8, 4) is 0 Å². The molecule has 0 spiro atoms. The van der Waals surface area contributed by atoms with E-state index >= 15 is 0 Å². The molecule has 2 saturated heterocycles. The smallest absolute Gasteiger partial charge is 0.410 e. The zero-order valence-corrected chi connectivity index (χ0v) is 14.3. The lowest BCUT2D eigenvalue weighted by Gasteiger charge is -2.30. The van der Waals surface area contributed by atoms with Gasteiger partial charge in [-0.2, -0.15) is 0 Å². The van der Waals surface area contributed by atoms with Crippen LogP contribution >= 0.6 is 0 Å². The molecule has 1 N–H and O–H groups in total. The van der Waals surface area contributed by atoms with Crippen LogP contribution in [-0.2, 0) is 11.3 Å². The van der Waals surface area contributed by atoms with E-state index in [0.717, 1.165) is 50.5 Å². The van der Waals surface area contributed by atoms with Crippen molar-refractivity contribution in [2.45, 2.75) is 32.3 Å². The highest BCUT2D eigenvalue weighted by Gasteiger charge is 2.22. The van der Waals surface area contributed by atoms with Gasteiger partial charge in [0.05, 0.1) is 0 Å². The molecule has 4 nitrogen and oxygen atoms in total. The number of rotatable bonds is 4. The number of nitrogens with one attached hydrogen (secondary N) is 1. The first kappa shape index (κ1) is 17.0. The van der Waals surface area contributed by atoms with Gasteiger partial charge in [-0.1, -0.05) is 42.5 Å². The van der Waals surface area contributed by atoms with Crippen molar-refractivity contribution < 1.29 is 9.53 Å². The molecular formula is C20H28N2O2. The molecule has 0 atom stereocenters. The van der Waals surface area contributed by atoms with Gasteiger partial charge in [0.15, 0.2) is 0 Å². The summed E-state index contributed by atoms with van der Waals surface area (Å²) < 4.78 is 5.42. The number of likely N-dealkylation sites (tertiary alicyclic amines) is 1. The van der Waals surface area contributed by atoms with E-state index in [-0.39, 0.29) is 6.09 Å². The van der Waals surface area contributed by atoms with E-state index in [1.807, 2.05) is 35.2 Å². The Morgan fingerprint density at radius 2 is 1.67 bits per heavy atom. The fraction of sp³-hybridized carbons (Fsp3) is 0.550. The molecule has 130 valence electrons. The van der Waals surface area contributed by atoms with Crippen LogP contribution in [0.2, 0.25) is 0 Å². The first-order chi connectivity index (χ1) is 11.8. The van der Waals surface area contributed by atoms with Crippen LogP contribution in [0.5, 0.6) is 0 Å². The lowest BCUT2D eigenvalue weighted by Crippen LogP contribution is -2.38. The van der Waals surface area contributed by atoms with Gasteiger partial charge in [-0.05, 0) is 56.2 Å². The van der Waals surface area contributed by atoms with Crippen LogP contribution in [0, 0.1) is 11.8 Å². The Morgan fingerprint density at radius 1 is 1.04 bits per heavy atom. The molecule has 0 saturated carbocycles. The first-order valence-corrected chi connectivity index (χ1v) is 9.16. The highest BCUT2D eigenvalue weighted by molar-refractivity contribution is 5.67.